The molecule has 194 valence electrons. The number of likely N-dealkylation sites (tertiary alicyclic amines) is 1. The molecule has 0 radical (unpaired) electrons. The van der Waals surface area contributed by atoms with E-state index >= 15 is 0 Å². The minimum Gasteiger partial charge on any atom is -0.368 e. The molecule has 1 saturated heterocycles. The molecule has 0 saturated carbocycles. The number of aromatic nitrogens is 4. The second-order valence-electron chi connectivity index (χ2n) is 9.13. The molecule has 1 aliphatic rings. The van der Waals surface area contributed by atoms with Crippen molar-refractivity contribution in [1.29, 1.82) is 0 Å². The zero-order valence-electron chi connectivity index (χ0n) is 20.1. The van der Waals surface area contributed by atoms with Gasteiger partial charge in [0.15, 0.2) is 5.69 Å². The summed E-state index contributed by atoms with van der Waals surface area (Å²) in [5, 5.41) is 8.34. The molecule has 4 aromatic rings. The van der Waals surface area contributed by atoms with Gasteiger partial charge in [-0.25, -0.2) is 14.4 Å². The molecule has 0 spiro atoms. The Morgan fingerprint density at radius 2 is 1.95 bits per heavy atom. The molecule has 4 heterocycles. The van der Waals surface area contributed by atoms with Gasteiger partial charge >= 0.3 is 6.18 Å². The first-order valence-corrected chi connectivity index (χ1v) is 12.6. The largest absolute Gasteiger partial charge is 0.417 e. The lowest BCUT2D eigenvalue weighted by molar-refractivity contribution is -0.137. The van der Waals surface area contributed by atoms with Crippen molar-refractivity contribution >= 4 is 28.0 Å². The average molecular weight is 533 g/mol. The van der Waals surface area contributed by atoms with E-state index in [1.165, 1.54) is 29.5 Å². The van der Waals surface area contributed by atoms with Crippen molar-refractivity contribution in [2.24, 2.45) is 5.92 Å². The Balaban J connectivity index is 1.45. The minimum absolute atomic E-state index is 0.134. The van der Waals surface area contributed by atoms with E-state index in [9.17, 15) is 22.4 Å². The maximum absolute atomic E-state index is 14.1. The number of hydrogen-bond acceptors (Lipinski definition) is 6. The highest BCUT2D eigenvalue weighted by Gasteiger charge is 2.36. The predicted octanol–water partition coefficient (Wildman–Crippen LogP) is 5.67. The summed E-state index contributed by atoms with van der Waals surface area (Å²) in [4.78, 5) is 24.9. The van der Waals surface area contributed by atoms with Gasteiger partial charge in [0.05, 0.1) is 11.6 Å². The van der Waals surface area contributed by atoms with Crippen LogP contribution in [0.15, 0.2) is 42.6 Å². The fourth-order valence-electron chi connectivity index (χ4n) is 4.67. The Kier molecular flexibility index (Phi) is 6.61. The van der Waals surface area contributed by atoms with E-state index < -0.39 is 11.7 Å². The molecule has 1 fully saturated rings. The minimum atomic E-state index is -4.46. The van der Waals surface area contributed by atoms with Gasteiger partial charge in [0.25, 0.3) is 5.91 Å². The van der Waals surface area contributed by atoms with Gasteiger partial charge < -0.3 is 10.2 Å². The fourth-order valence-corrected chi connectivity index (χ4v) is 5.41. The van der Waals surface area contributed by atoms with Gasteiger partial charge in [-0.15, -0.1) is 0 Å². The van der Waals surface area contributed by atoms with Crippen molar-refractivity contribution in [3.63, 3.8) is 0 Å². The molecule has 12 heteroatoms. The van der Waals surface area contributed by atoms with Crippen molar-refractivity contribution in [2.75, 3.05) is 18.4 Å². The monoisotopic (exact) mass is 532 g/mol. The summed E-state index contributed by atoms with van der Waals surface area (Å²) in [7, 11) is 0. The number of alkyl halides is 3. The van der Waals surface area contributed by atoms with Crippen LogP contribution in [0, 0.1) is 18.7 Å². The molecule has 2 atom stereocenters. The van der Waals surface area contributed by atoms with Crippen molar-refractivity contribution in [1.82, 2.24) is 24.5 Å². The van der Waals surface area contributed by atoms with Gasteiger partial charge in [-0.05, 0) is 62.1 Å². The number of nitrogens with zero attached hydrogens (tertiary/aromatic N) is 5. The van der Waals surface area contributed by atoms with Crippen LogP contribution >= 0.6 is 11.3 Å². The quantitative estimate of drug-likeness (QED) is 0.335. The number of pyridine rings is 1. The van der Waals surface area contributed by atoms with Crippen LogP contribution in [0.2, 0.25) is 0 Å². The zero-order valence-corrected chi connectivity index (χ0v) is 20.9. The molecule has 0 bridgehead atoms. The first-order valence-electron chi connectivity index (χ1n) is 11.8. The van der Waals surface area contributed by atoms with Crippen LogP contribution in [-0.4, -0.2) is 49.5 Å². The van der Waals surface area contributed by atoms with Crippen molar-refractivity contribution in [2.45, 2.75) is 38.9 Å². The summed E-state index contributed by atoms with van der Waals surface area (Å²) in [6.07, 6.45) is -1.96. The molecule has 7 nitrogen and oxygen atoms in total. The first-order chi connectivity index (χ1) is 17.6. The number of carbonyl (C=O) groups is 1. The fraction of sp³-hybridized carbons (Fsp3) is 0.360. The standard InChI is InChI=1S/C25H24F4N6OS/c1-14-4-3-11-34(19(14)13-31-20-10-7-17(12-30-20)25(27,28)29)23(36)22-21(16-5-8-18(26)9-6-16)32-24-35(22)33-15(2)37-24/h5-10,12,14,19H,3-4,11,13H2,1-2H3,(H,30,31)/t14-,19-/m1/s1. The van der Waals surface area contributed by atoms with Crippen LogP contribution in [0.5, 0.6) is 0 Å². The van der Waals surface area contributed by atoms with Gasteiger partial charge in [0.1, 0.15) is 22.3 Å². The molecule has 3 aromatic heterocycles. The van der Waals surface area contributed by atoms with E-state index in [1.807, 2.05) is 13.8 Å². The summed E-state index contributed by atoms with van der Waals surface area (Å²) in [5.41, 5.74) is 0.516. The second kappa shape index (κ2) is 9.73. The molecule has 1 amide bonds. The third-order valence-electron chi connectivity index (χ3n) is 6.58. The molecule has 0 unspecified atom stereocenters. The van der Waals surface area contributed by atoms with Gasteiger partial charge in [-0.2, -0.15) is 22.8 Å². The number of piperidine rings is 1. The lowest BCUT2D eigenvalue weighted by Gasteiger charge is -2.40. The zero-order chi connectivity index (χ0) is 26.3. The van der Waals surface area contributed by atoms with Gasteiger partial charge in [0, 0.05) is 24.8 Å². The Hall–Kier alpha value is -3.54. The van der Waals surface area contributed by atoms with Gasteiger partial charge in [-0.1, -0.05) is 18.3 Å². The molecule has 1 aliphatic heterocycles. The van der Waals surface area contributed by atoms with Crippen molar-refractivity contribution < 1.29 is 22.4 Å². The molecular weight excluding hydrogens is 508 g/mol. The Bertz CT molecular complexity index is 1410. The number of nitrogens with one attached hydrogen (secondary N) is 1. The van der Waals surface area contributed by atoms with Crippen molar-refractivity contribution in [3.8, 4) is 11.3 Å². The molecule has 5 rings (SSSR count). The molecule has 1 aromatic carbocycles. The maximum Gasteiger partial charge on any atom is 0.417 e. The first kappa shape index (κ1) is 25.1. The number of hydrogen-bond donors (Lipinski definition) is 1. The normalized spacial score (nSPS) is 18.4. The average Bonchev–Trinajstić information content (AvgIpc) is 3.38. The SMILES string of the molecule is Cc1nn2c(C(=O)N3CCC[C@@H](C)[C@H]3CNc3ccc(C(F)(F)F)cn3)c(-c3ccc(F)cc3)nc2s1. The number of amides is 1. The number of rotatable bonds is 5. The van der Waals surface area contributed by atoms with Crippen LogP contribution < -0.4 is 5.32 Å². The molecule has 1 N–H and O–H groups in total. The highest BCUT2D eigenvalue weighted by atomic mass is 32.1. The van der Waals surface area contributed by atoms with Gasteiger partial charge in [0.2, 0.25) is 4.96 Å². The molecular formula is C25H24F4N6OS. The van der Waals surface area contributed by atoms with Gasteiger partial charge in [-0.3, -0.25) is 4.79 Å². The summed E-state index contributed by atoms with van der Waals surface area (Å²) in [5.74, 6) is -0.211. The lowest BCUT2D eigenvalue weighted by atomic mass is 9.90. The van der Waals surface area contributed by atoms with E-state index in [4.69, 9.17) is 0 Å². The second-order valence-corrected chi connectivity index (χ2v) is 10.3. The number of fused-ring (bicyclic) bond motifs is 1. The highest BCUT2D eigenvalue weighted by molar-refractivity contribution is 7.16. The lowest BCUT2D eigenvalue weighted by Crippen LogP contribution is -2.51. The topological polar surface area (TPSA) is 75.4 Å². The number of benzene rings is 1. The Morgan fingerprint density at radius 3 is 2.62 bits per heavy atom. The van der Waals surface area contributed by atoms with Crippen molar-refractivity contribution in [3.05, 3.63) is 64.7 Å². The van der Waals surface area contributed by atoms with Crippen LogP contribution in [0.4, 0.5) is 23.4 Å². The van der Waals surface area contributed by atoms with Crippen LogP contribution in [0.3, 0.4) is 0 Å². The Labute approximate surface area is 214 Å². The third kappa shape index (κ3) is 5.02. The highest BCUT2D eigenvalue weighted by Crippen LogP contribution is 2.32. The number of aryl methyl sites for hydroxylation is 1. The summed E-state index contributed by atoms with van der Waals surface area (Å²) >= 11 is 1.36. The predicted molar refractivity (Wildman–Crippen MR) is 132 cm³/mol. The smallest absolute Gasteiger partial charge is 0.368 e. The number of anilines is 1. The van der Waals surface area contributed by atoms with E-state index in [1.54, 1.807) is 21.5 Å². The summed E-state index contributed by atoms with van der Waals surface area (Å²) < 4.78 is 53.7. The Morgan fingerprint density at radius 1 is 1.19 bits per heavy atom. The van der Waals surface area contributed by atoms with Crippen LogP contribution in [0.1, 0.15) is 40.8 Å². The van der Waals surface area contributed by atoms with E-state index in [2.05, 4.69) is 20.4 Å². The molecule has 37 heavy (non-hydrogen) atoms. The van der Waals surface area contributed by atoms with Crippen LogP contribution in [-0.2, 0) is 6.18 Å². The van der Waals surface area contributed by atoms with E-state index in [0.29, 0.717) is 40.8 Å². The van der Waals surface area contributed by atoms with E-state index in [-0.39, 0.29) is 23.7 Å². The van der Waals surface area contributed by atoms with Crippen LogP contribution in [0.25, 0.3) is 16.2 Å². The summed E-state index contributed by atoms with van der Waals surface area (Å²) in [6.45, 7) is 4.70. The number of imidazole rings is 1. The summed E-state index contributed by atoms with van der Waals surface area (Å²) in [6, 6.07) is 7.83. The maximum atomic E-state index is 14.1. The third-order valence-corrected chi connectivity index (χ3v) is 7.41. The van der Waals surface area contributed by atoms with E-state index in [0.717, 1.165) is 30.1 Å². The number of halogens is 4. The molecule has 0 aliphatic carbocycles. The number of carbonyl (C=O) groups excluding carboxylic acids is 1.